The minimum Gasteiger partial charge on any atom is -0.334 e. The summed E-state index contributed by atoms with van der Waals surface area (Å²) in [5.74, 6) is -0.928. The number of hydrogen-bond acceptors (Lipinski definition) is 3. The molecule has 0 saturated heterocycles. The van der Waals surface area contributed by atoms with Crippen LogP contribution >= 0.6 is 0 Å². The first kappa shape index (κ1) is 13.1. The van der Waals surface area contributed by atoms with E-state index < -0.39 is 21.4 Å². The van der Waals surface area contributed by atoms with E-state index in [1.165, 1.54) is 12.2 Å². The zero-order valence-electron chi connectivity index (χ0n) is 8.39. The van der Waals surface area contributed by atoms with Gasteiger partial charge in [-0.3, -0.25) is 9.35 Å². The number of allylic oxidation sites excluding steroid dienone is 1. The summed E-state index contributed by atoms with van der Waals surface area (Å²) in [5.41, 5.74) is 0. The molecule has 0 radical (unpaired) electrons. The van der Waals surface area contributed by atoms with Crippen molar-refractivity contribution in [1.29, 1.82) is 0 Å². The molecule has 1 unspecified atom stereocenters. The van der Waals surface area contributed by atoms with E-state index in [1.807, 2.05) is 0 Å². The van der Waals surface area contributed by atoms with Gasteiger partial charge in [0.05, 0.1) is 0 Å². The number of amides is 1. The topological polar surface area (TPSA) is 83.5 Å². The quantitative estimate of drug-likeness (QED) is 0.536. The van der Waals surface area contributed by atoms with Crippen molar-refractivity contribution in [2.45, 2.75) is 26.1 Å². The maximum Gasteiger partial charge on any atom is 0.286 e. The van der Waals surface area contributed by atoms with E-state index in [0.29, 0.717) is 0 Å². The standard InChI is InChI=1S/C8H15NO4S/c1-4-5-7(10)9-8(6(2)3)14(11,12)13/h4-6,8H,1-3H3,(H,9,10)(H,11,12,13). The normalized spacial score (nSPS) is 14.6. The highest BCUT2D eigenvalue weighted by atomic mass is 32.2. The molecule has 0 saturated carbocycles. The highest BCUT2D eigenvalue weighted by molar-refractivity contribution is 7.86. The Morgan fingerprint density at radius 3 is 2.21 bits per heavy atom. The van der Waals surface area contributed by atoms with Gasteiger partial charge in [0.2, 0.25) is 5.91 Å². The average molecular weight is 221 g/mol. The highest BCUT2D eigenvalue weighted by Crippen LogP contribution is 2.07. The Morgan fingerprint density at radius 1 is 1.43 bits per heavy atom. The molecular formula is C8H15NO4S. The Hall–Kier alpha value is -0.880. The van der Waals surface area contributed by atoms with Gasteiger partial charge < -0.3 is 5.32 Å². The third-order valence-corrected chi connectivity index (χ3v) is 2.83. The van der Waals surface area contributed by atoms with Crippen LogP contribution in [0.2, 0.25) is 0 Å². The third kappa shape index (κ3) is 4.38. The number of carbonyl (C=O) groups is 1. The molecule has 0 bridgehead atoms. The van der Waals surface area contributed by atoms with Crippen molar-refractivity contribution in [2.75, 3.05) is 0 Å². The van der Waals surface area contributed by atoms with Gasteiger partial charge in [-0.1, -0.05) is 19.9 Å². The van der Waals surface area contributed by atoms with E-state index >= 15 is 0 Å². The number of rotatable bonds is 4. The summed E-state index contributed by atoms with van der Waals surface area (Å²) in [6.45, 7) is 4.82. The second-order valence-electron chi connectivity index (χ2n) is 3.19. The number of carbonyl (C=O) groups excluding carboxylic acids is 1. The summed E-state index contributed by atoms with van der Waals surface area (Å²) < 4.78 is 30.5. The lowest BCUT2D eigenvalue weighted by Gasteiger charge is -2.17. The molecule has 1 amide bonds. The van der Waals surface area contributed by atoms with Crippen LogP contribution in [0.15, 0.2) is 12.2 Å². The van der Waals surface area contributed by atoms with Gasteiger partial charge in [0, 0.05) is 0 Å². The Labute approximate surface area is 83.9 Å². The van der Waals surface area contributed by atoms with E-state index in [-0.39, 0.29) is 5.92 Å². The molecule has 0 fully saturated rings. The Kier molecular flexibility index (Phi) is 4.79. The second kappa shape index (κ2) is 5.11. The summed E-state index contributed by atoms with van der Waals surface area (Å²) in [5, 5.41) is 0.935. The van der Waals surface area contributed by atoms with Crippen LogP contribution in [0.3, 0.4) is 0 Å². The van der Waals surface area contributed by atoms with Crippen LogP contribution in [0, 0.1) is 5.92 Å². The van der Waals surface area contributed by atoms with Crippen molar-refractivity contribution in [3.05, 3.63) is 12.2 Å². The predicted molar refractivity (Wildman–Crippen MR) is 53.1 cm³/mol. The van der Waals surface area contributed by atoms with Crippen molar-refractivity contribution >= 4 is 16.0 Å². The lowest BCUT2D eigenvalue weighted by atomic mass is 10.2. The van der Waals surface area contributed by atoms with E-state index in [1.54, 1.807) is 20.8 Å². The van der Waals surface area contributed by atoms with Crippen LogP contribution in [0.25, 0.3) is 0 Å². The molecular weight excluding hydrogens is 206 g/mol. The first-order valence-electron chi connectivity index (χ1n) is 4.18. The van der Waals surface area contributed by atoms with Crippen LogP contribution in [-0.4, -0.2) is 24.3 Å². The van der Waals surface area contributed by atoms with E-state index in [9.17, 15) is 13.2 Å². The minimum absolute atomic E-state index is 0.390. The van der Waals surface area contributed by atoms with Crippen molar-refractivity contribution in [3.8, 4) is 0 Å². The zero-order chi connectivity index (χ0) is 11.4. The smallest absolute Gasteiger partial charge is 0.286 e. The van der Waals surface area contributed by atoms with Crippen LogP contribution in [0.5, 0.6) is 0 Å². The number of hydrogen-bond donors (Lipinski definition) is 2. The Balaban J connectivity index is 4.65. The van der Waals surface area contributed by atoms with E-state index in [2.05, 4.69) is 5.32 Å². The molecule has 0 aromatic rings. The van der Waals surface area contributed by atoms with Crippen LogP contribution in [0.1, 0.15) is 20.8 Å². The second-order valence-corrected chi connectivity index (χ2v) is 4.73. The monoisotopic (exact) mass is 221 g/mol. The van der Waals surface area contributed by atoms with Crippen molar-refractivity contribution in [2.24, 2.45) is 5.92 Å². The Morgan fingerprint density at radius 2 is 1.93 bits per heavy atom. The molecule has 82 valence electrons. The van der Waals surface area contributed by atoms with Gasteiger partial charge in [0.25, 0.3) is 10.1 Å². The molecule has 0 aliphatic carbocycles. The highest BCUT2D eigenvalue weighted by Gasteiger charge is 2.27. The van der Waals surface area contributed by atoms with Gasteiger partial charge in [-0.15, -0.1) is 0 Å². The summed E-state index contributed by atoms with van der Waals surface area (Å²) >= 11 is 0. The fourth-order valence-electron chi connectivity index (χ4n) is 0.925. The molecule has 0 spiro atoms. The summed E-state index contributed by atoms with van der Waals surface area (Å²) in [6, 6.07) is 0. The predicted octanol–water partition coefficient (Wildman–Crippen LogP) is 0.549. The van der Waals surface area contributed by atoms with Gasteiger partial charge >= 0.3 is 0 Å². The average Bonchev–Trinajstić information content (AvgIpc) is 1.98. The molecule has 0 rings (SSSR count). The lowest BCUT2D eigenvalue weighted by Crippen LogP contribution is -2.43. The molecule has 5 nitrogen and oxygen atoms in total. The summed E-state index contributed by atoms with van der Waals surface area (Å²) in [4.78, 5) is 11.0. The van der Waals surface area contributed by atoms with Gasteiger partial charge in [-0.2, -0.15) is 8.42 Å². The molecule has 2 N–H and O–H groups in total. The zero-order valence-corrected chi connectivity index (χ0v) is 9.21. The molecule has 0 aliphatic rings. The van der Waals surface area contributed by atoms with Crippen LogP contribution in [0.4, 0.5) is 0 Å². The minimum atomic E-state index is -4.24. The molecule has 6 heteroatoms. The number of nitrogens with one attached hydrogen (secondary N) is 1. The summed E-state index contributed by atoms with van der Waals surface area (Å²) in [6.07, 6.45) is 2.68. The SMILES string of the molecule is CC=CC(=O)NC(C(C)C)S(=O)(=O)O. The van der Waals surface area contributed by atoms with Gasteiger partial charge in [-0.25, -0.2) is 0 Å². The largest absolute Gasteiger partial charge is 0.334 e. The van der Waals surface area contributed by atoms with E-state index in [0.717, 1.165) is 0 Å². The van der Waals surface area contributed by atoms with Crippen LogP contribution < -0.4 is 5.32 Å². The third-order valence-electron chi connectivity index (χ3n) is 1.53. The fraction of sp³-hybridized carbons (Fsp3) is 0.625. The van der Waals surface area contributed by atoms with Crippen molar-refractivity contribution < 1.29 is 17.8 Å². The van der Waals surface area contributed by atoms with Crippen molar-refractivity contribution in [3.63, 3.8) is 0 Å². The molecule has 0 aliphatic heterocycles. The van der Waals surface area contributed by atoms with Gasteiger partial charge in [0.15, 0.2) is 5.37 Å². The van der Waals surface area contributed by atoms with Gasteiger partial charge in [0.1, 0.15) is 0 Å². The lowest BCUT2D eigenvalue weighted by molar-refractivity contribution is -0.117. The van der Waals surface area contributed by atoms with Crippen molar-refractivity contribution in [1.82, 2.24) is 5.32 Å². The first-order valence-corrected chi connectivity index (χ1v) is 5.69. The summed E-state index contributed by atoms with van der Waals surface area (Å²) in [7, 11) is -4.24. The molecule has 0 heterocycles. The maximum absolute atomic E-state index is 11.0. The molecule has 14 heavy (non-hydrogen) atoms. The Bertz CT molecular complexity index is 318. The maximum atomic E-state index is 11.0. The molecule has 1 atom stereocenters. The van der Waals surface area contributed by atoms with E-state index in [4.69, 9.17) is 4.55 Å². The van der Waals surface area contributed by atoms with Gasteiger partial charge in [-0.05, 0) is 18.9 Å². The fourth-order valence-corrected chi connectivity index (χ4v) is 1.88. The molecule has 0 aromatic heterocycles. The molecule has 0 aromatic carbocycles. The first-order chi connectivity index (χ1) is 6.29. The van der Waals surface area contributed by atoms with Crippen LogP contribution in [-0.2, 0) is 14.9 Å².